The predicted molar refractivity (Wildman–Crippen MR) is 207 cm³/mol. The van der Waals surface area contributed by atoms with Crippen LogP contribution in [0.3, 0.4) is 0 Å². The van der Waals surface area contributed by atoms with E-state index in [2.05, 4.69) is 74.8 Å². The number of carbonyl (C=O) groups excluding carboxylic acids is 1. The fourth-order valence-electron chi connectivity index (χ4n) is 7.37. The molecule has 4 aromatic rings. The third-order valence-corrected chi connectivity index (χ3v) is 15.7. The lowest BCUT2D eigenvalue weighted by Gasteiger charge is -2.44. The first-order valence-corrected chi connectivity index (χ1v) is 21.2. The zero-order valence-electron chi connectivity index (χ0n) is 31.9. The Hall–Kier alpha value is -3.96. The van der Waals surface area contributed by atoms with Crippen LogP contribution in [-0.4, -0.2) is 98.2 Å². The summed E-state index contributed by atoms with van der Waals surface area (Å²) < 4.78 is 29.9. The normalized spacial score (nSPS) is 20.0. The van der Waals surface area contributed by atoms with Gasteiger partial charge in [0.1, 0.15) is 22.7 Å². The summed E-state index contributed by atoms with van der Waals surface area (Å²) in [4.78, 5) is 31.8. The number of piperazine rings is 1. The average molecular weight is 713 g/mol. The van der Waals surface area contributed by atoms with Gasteiger partial charge in [0, 0.05) is 43.2 Å². The number of likely N-dealkylation sites (N-methyl/N-ethyl adjacent to an activating group) is 1. The van der Waals surface area contributed by atoms with Crippen molar-refractivity contribution in [2.45, 2.75) is 96.2 Å². The number of ether oxygens (including phenoxy) is 1. The second-order valence-corrected chi connectivity index (χ2v) is 22.1. The van der Waals surface area contributed by atoms with Gasteiger partial charge < -0.3 is 23.9 Å². The molecule has 7 rings (SSSR count). The van der Waals surface area contributed by atoms with E-state index in [1.807, 2.05) is 62.1 Å². The fourth-order valence-corrected chi connectivity index (χ4v) is 8.38. The van der Waals surface area contributed by atoms with Crippen molar-refractivity contribution >= 4 is 47.9 Å². The number of benzene rings is 3. The van der Waals surface area contributed by atoms with Crippen molar-refractivity contribution in [2.75, 3.05) is 50.1 Å². The Morgan fingerprint density at radius 3 is 2.16 bits per heavy atom. The maximum atomic E-state index is 17.3. The average Bonchev–Trinajstić information content (AvgIpc) is 3.28. The topological polar surface area (TPSA) is 74.3 Å². The number of carbonyl (C=O) groups is 1. The molecule has 51 heavy (non-hydrogen) atoms. The maximum Gasteiger partial charge on any atom is 0.410 e. The first kappa shape index (κ1) is 35.4. The molecule has 1 aromatic heterocycles. The standard InChI is InChI=1S/C40H53FN6O3Si/c1-39(2,3)49-38(48)47-26-15-16-27(47)22-45(21-26)36-32-18-17-31(34(41)35(32)42-37(43-36)46-23-28(24-46)44(7)8)33-20-29(50-51(9,10)40(4,5)6)19-25-13-11-12-14-30(25)33/h11-14,17-20,26-28H,15-16,21-24H2,1-10H3/t26-,27+. The molecule has 4 heterocycles. The summed E-state index contributed by atoms with van der Waals surface area (Å²) in [5.74, 6) is 1.64. The number of amides is 1. The zero-order chi connectivity index (χ0) is 36.6. The molecular formula is C40H53FN6O3Si. The summed E-state index contributed by atoms with van der Waals surface area (Å²) in [7, 11) is 1.99. The van der Waals surface area contributed by atoms with Crippen LogP contribution in [0.15, 0.2) is 48.5 Å². The molecule has 0 spiro atoms. The SMILES string of the molecule is CN(C)C1CN(c2nc(N3C[C@H]4CC[C@@H](C3)N4C(=O)OC(C)(C)C)c3ccc(-c4cc(O[Si](C)(C)C(C)(C)C)cc5ccccc45)c(F)c3n2)C1. The van der Waals surface area contributed by atoms with E-state index in [0.29, 0.717) is 41.5 Å². The fraction of sp³-hybridized carbons (Fsp3) is 0.525. The van der Waals surface area contributed by atoms with Crippen molar-refractivity contribution in [2.24, 2.45) is 0 Å². The third kappa shape index (κ3) is 6.63. The molecule has 3 aliphatic rings. The lowest BCUT2D eigenvalue weighted by atomic mass is 9.96. The Bertz CT molecular complexity index is 1970. The molecule has 0 N–H and O–H groups in total. The number of hydrogen-bond acceptors (Lipinski definition) is 8. The molecule has 3 fully saturated rings. The van der Waals surface area contributed by atoms with Crippen molar-refractivity contribution in [1.82, 2.24) is 19.8 Å². The monoisotopic (exact) mass is 712 g/mol. The van der Waals surface area contributed by atoms with Gasteiger partial charge in [0.05, 0.1) is 12.1 Å². The van der Waals surface area contributed by atoms with Gasteiger partial charge in [0.25, 0.3) is 0 Å². The van der Waals surface area contributed by atoms with Gasteiger partial charge in [-0.05, 0) is 100 Å². The number of hydrogen-bond donors (Lipinski definition) is 0. The van der Waals surface area contributed by atoms with Crippen LogP contribution in [0, 0.1) is 5.82 Å². The van der Waals surface area contributed by atoms with Crippen molar-refractivity contribution in [1.29, 1.82) is 0 Å². The molecule has 2 atom stereocenters. The first-order chi connectivity index (χ1) is 23.9. The summed E-state index contributed by atoms with van der Waals surface area (Å²) >= 11 is 0. The summed E-state index contributed by atoms with van der Waals surface area (Å²) in [5, 5.41) is 2.64. The first-order valence-electron chi connectivity index (χ1n) is 18.3. The van der Waals surface area contributed by atoms with Crippen LogP contribution in [0.2, 0.25) is 18.1 Å². The third-order valence-electron chi connectivity index (χ3n) is 11.3. The van der Waals surface area contributed by atoms with Crippen molar-refractivity contribution in [3.63, 3.8) is 0 Å². The number of nitrogens with zero attached hydrogens (tertiary/aromatic N) is 6. The van der Waals surface area contributed by atoms with Crippen LogP contribution in [0.1, 0.15) is 54.4 Å². The van der Waals surface area contributed by atoms with Crippen LogP contribution < -0.4 is 14.2 Å². The van der Waals surface area contributed by atoms with E-state index in [1.165, 1.54) is 0 Å². The lowest BCUT2D eigenvalue weighted by Crippen LogP contribution is -2.58. The largest absolute Gasteiger partial charge is 0.543 e. The molecule has 0 aliphatic carbocycles. The quantitative estimate of drug-likeness (QED) is 0.185. The smallest absolute Gasteiger partial charge is 0.410 e. The highest BCUT2D eigenvalue weighted by molar-refractivity contribution is 6.74. The second-order valence-electron chi connectivity index (χ2n) is 17.4. The van der Waals surface area contributed by atoms with Crippen LogP contribution in [0.25, 0.3) is 32.8 Å². The summed E-state index contributed by atoms with van der Waals surface area (Å²) in [5.41, 5.74) is 1.01. The van der Waals surface area contributed by atoms with E-state index in [9.17, 15) is 4.79 Å². The number of rotatable bonds is 6. The van der Waals surface area contributed by atoms with Crippen LogP contribution in [0.4, 0.5) is 21.0 Å². The molecule has 0 saturated carbocycles. The van der Waals surface area contributed by atoms with E-state index in [4.69, 9.17) is 19.1 Å². The predicted octanol–water partition coefficient (Wildman–Crippen LogP) is 8.31. The van der Waals surface area contributed by atoms with Crippen molar-refractivity contribution in [3.05, 3.63) is 54.3 Å². The lowest BCUT2D eigenvalue weighted by molar-refractivity contribution is 0.0123. The Labute approximate surface area is 302 Å². The van der Waals surface area contributed by atoms with Gasteiger partial charge >= 0.3 is 6.09 Å². The van der Waals surface area contributed by atoms with Gasteiger partial charge in [-0.25, -0.2) is 14.2 Å². The van der Waals surface area contributed by atoms with Gasteiger partial charge in [-0.3, -0.25) is 4.90 Å². The van der Waals surface area contributed by atoms with Crippen molar-refractivity contribution in [3.8, 4) is 16.9 Å². The Kier molecular flexibility index (Phi) is 8.77. The van der Waals surface area contributed by atoms with Gasteiger partial charge in [-0.1, -0.05) is 51.1 Å². The molecule has 3 saturated heterocycles. The Morgan fingerprint density at radius 1 is 0.863 bits per heavy atom. The van der Waals surface area contributed by atoms with E-state index in [1.54, 1.807) is 0 Å². The minimum absolute atomic E-state index is 0.00619. The molecule has 3 aromatic carbocycles. The molecule has 272 valence electrons. The molecular weight excluding hydrogens is 660 g/mol. The highest BCUT2D eigenvalue weighted by Crippen LogP contribution is 2.43. The van der Waals surface area contributed by atoms with Crippen molar-refractivity contribution < 1.29 is 18.3 Å². The number of aromatic nitrogens is 2. The molecule has 3 aliphatic heterocycles. The number of halogens is 1. The van der Waals surface area contributed by atoms with E-state index in [0.717, 1.165) is 53.8 Å². The molecule has 9 nitrogen and oxygen atoms in total. The number of fused-ring (bicyclic) bond motifs is 4. The second kappa shape index (κ2) is 12.6. The van der Waals surface area contributed by atoms with E-state index >= 15 is 4.39 Å². The summed E-state index contributed by atoms with van der Waals surface area (Å²) in [6, 6.07) is 16.4. The van der Waals surface area contributed by atoms with E-state index in [-0.39, 0.29) is 29.0 Å². The maximum absolute atomic E-state index is 17.3. The molecule has 11 heteroatoms. The molecule has 1 amide bonds. The minimum atomic E-state index is -2.16. The molecule has 0 unspecified atom stereocenters. The molecule has 2 bridgehead atoms. The summed E-state index contributed by atoms with van der Waals surface area (Å²) in [6.45, 7) is 19.6. The van der Waals surface area contributed by atoms with E-state index < -0.39 is 13.9 Å². The summed E-state index contributed by atoms with van der Waals surface area (Å²) in [6.07, 6.45) is 1.53. The highest BCUT2D eigenvalue weighted by Gasteiger charge is 2.45. The van der Waals surface area contributed by atoms with Crippen LogP contribution in [-0.2, 0) is 4.74 Å². The molecule has 0 radical (unpaired) electrons. The van der Waals surface area contributed by atoms with Gasteiger partial charge in [0.15, 0.2) is 5.82 Å². The minimum Gasteiger partial charge on any atom is -0.543 e. The Morgan fingerprint density at radius 2 is 1.53 bits per heavy atom. The van der Waals surface area contributed by atoms with Crippen LogP contribution in [0.5, 0.6) is 5.75 Å². The van der Waals surface area contributed by atoms with Gasteiger partial charge in [-0.15, -0.1) is 0 Å². The van der Waals surface area contributed by atoms with Crippen LogP contribution >= 0.6 is 0 Å². The van der Waals surface area contributed by atoms with Gasteiger partial charge in [0.2, 0.25) is 14.3 Å². The Balaban J connectivity index is 1.32. The number of anilines is 2. The van der Waals surface area contributed by atoms with Gasteiger partial charge in [-0.2, -0.15) is 4.98 Å². The highest BCUT2D eigenvalue weighted by atomic mass is 28.4. The zero-order valence-corrected chi connectivity index (χ0v) is 32.9.